The first-order valence-electron chi connectivity index (χ1n) is 7.89. The van der Waals surface area contributed by atoms with Crippen LogP contribution in [0.25, 0.3) is 0 Å². The lowest BCUT2D eigenvalue weighted by atomic mass is 9.79. The molecule has 5 nitrogen and oxygen atoms in total. The molecule has 2 saturated heterocycles. The fraction of sp³-hybridized carbons (Fsp3) is 0.471. The van der Waals surface area contributed by atoms with Gasteiger partial charge in [-0.1, -0.05) is 6.07 Å². The van der Waals surface area contributed by atoms with Crippen LogP contribution in [0.1, 0.15) is 17.7 Å². The molecule has 0 saturated carbocycles. The molecular formula is C17H21N5. The zero-order chi connectivity index (χ0) is 15.0. The van der Waals surface area contributed by atoms with Crippen molar-refractivity contribution in [1.29, 1.82) is 0 Å². The predicted octanol–water partition coefficient (Wildman–Crippen LogP) is 1.89. The quantitative estimate of drug-likeness (QED) is 0.865. The second-order valence-electron chi connectivity index (χ2n) is 6.71. The largest absolute Gasteiger partial charge is 0.354 e. The summed E-state index contributed by atoms with van der Waals surface area (Å²) in [6, 6.07) is 8.30. The lowest BCUT2D eigenvalue weighted by molar-refractivity contribution is 0.201. The van der Waals surface area contributed by atoms with Gasteiger partial charge in [-0.2, -0.15) is 5.10 Å². The molecule has 1 spiro atoms. The summed E-state index contributed by atoms with van der Waals surface area (Å²) in [4.78, 5) is 9.10. The van der Waals surface area contributed by atoms with Crippen LogP contribution >= 0.6 is 0 Å². The van der Waals surface area contributed by atoms with Gasteiger partial charge in [0, 0.05) is 44.0 Å². The lowest BCUT2D eigenvalue weighted by Gasteiger charge is -2.48. The highest BCUT2D eigenvalue weighted by atomic mass is 15.3. The monoisotopic (exact) mass is 295 g/mol. The van der Waals surface area contributed by atoms with Gasteiger partial charge in [0.1, 0.15) is 0 Å². The molecule has 22 heavy (non-hydrogen) atoms. The third-order valence-electron chi connectivity index (χ3n) is 4.81. The van der Waals surface area contributed by atoms with E-state index in [1.807, 2.05) is 31.5 Å². The number of nitrogens with zero attached hydrogens (tertiary/aromatic N) is 5. The van der Waals surface area contributed by atoms with Crippen LogP contribution in [0.5, 0.6) is 0 Å². The highest BCUT2D eigenvalue weighted by Crippen LogP contribution is 2.41. The van der Waals surface area contributed by atoms with E-state index >= 15 is 0 Å². The average Bonchev–Trinajstić information content (AvgIpc) is 2.92. The van der Waals surface area contributed by atoms with Crippen LogP contribution in [-0.4, -0.2) is 46.3 Å². The Hall–Kier alpha value is -2.01. The number of hydrogen-bond acceptors (Lipinski definition) is 5. The van der Waals surface area contributed by atoms with Crippen molar-refractivity contribution in [3.63, 3.8) is 0 Å². The summed E-state index contributed by atoms with van der Waals surface area (Å²) in [6.45, 7) is 7.56. The van der Waals surface area contributed by atoms with E-state index in [9.17, 15) is 0 Å². The van der Waals surface area contributed by atoms with E-state index in [0.717, 1.165) is 31.1 Å². The van der Waals surface area contributed by atoms with Gasteiger partial charge < -0.3 is 4.90 Å². The molecule has 4 rings (SSSR count). The molecule has 0 amide bonds. The standard InChI is InChI=1S/C17H21N5/c1-14-4-5-16(20-19-14)22-12-17(13-22)6-8-21(11-17)10-15-3-2-7-18-9-15/h2-5,7,9H,6,8,10-13H2,1H3. The normalized spacial score (nSPS) is 20.3. The smallest absolute Gasteiger partial charge is 0.151 e. The van der Waals surface area contributed by atoms with E-state index in [1.54, 1.807) is 0 Å². The maximum absolute atomic E-state index is 4.30. The second kappa shape index (κ2) is 5.32. The molecule has 0 N–H and O–H groups in total. The molecule has 0 bridgehead atoms. The highest BCUT2D eigenvalue weighted by molar-refractivity contribution is 5.42. The molecule has 0 aliphatic carbocycles. The summed E-state index contributed by atoms with van der Waals surface area (Å²) >= 11 is 0. The van der Waals surface area contributed by atoms with Crippen LogP contribution in [-0.2, 0) is 6.54 Å². The first kappa shape index (κ1) is 13.6. The summed E-state index contributed by atoms with van der Waals surface area (Å²) in [5, 5.41) is 8.45. The first-order chi connectivity index (χ1) is 10.7. The minimum Gasteiger partial charge on any atom is -0.354 e. The number of anilines is 1. The minimum atomic E-state index is 0.453. The summed E-state index contributed by atoms with van der Waals surface area (Å²) in [5.74, 6) is 1.02. The summed E-state index contributed by atoms with van der Waals surface area (Å²) < 4.78 is 0. The molecular weight excluding hydrogens is 274 g/mol. The molecule has 0 radical (unpaired) electrons. The van der Waals surface area contributed by atoms with Crippen molar-refractivity contribution >= 4 is 5.82 Å². The van der Waals surface area contributed by atoms with E-state index in [0.29, 0.717) is 5.41 Å². The predicted molar refractivity (Wildman–Crippen MR) is 85.5 cm³/mol. The third-order valence-corrected chi connectivity index (χ3v) is 4.81. The van der Waals surface area contributed by atoms with E-state index in [2.05, 4.69) is 37.1 Å². The van der Waals surface area contributed by atoms with Crippen molar-refractivity contribution in [3.05, 3.63) is 47.9 Å². The Kier molecular flexibility index (Phi) is 3.30. The number of pyridine rings is 1. The van der Waals surface area contributed by atoms with Gasteiger partial charge in [0.25, 0.3) is 0 Å². The Bertz CT molecular complexity index is 634. The Balaban J connectivity index is 1.35. The van der Waals surface area contributed by atoms with Crippen LogP contribution in [0, 0.1) is 12.3 Å². The van der Waals surface area contributed by atoms with Crippen molar-refractivity contribution in [3.8, 4) is 0 Å². The average molecular weight is 295 g/mol. The van der Waals surface area contributed by atoms with Crippen LogP contribution in [0.15, 0.2) is 36.7 Å². The third kappa shape index (κ3) is 2.57. The second-order valence-corrected chi connectivity index (χ2v) is 6.71. The van der Waals surface area contributed by atoms with Gasteiger partial charge in [0.2, 0.25) is 0 Å². The van der Waals surface area contributed by atoms with Gasteiger partial charge >= 0.3 is 0 Å². The minimum absolute atomic E-state index is 0.453. The molecule has 2 aliphatic heterocycles. The fourth-order valence-electron chi connectivity index (χ4n) is 3.66. The molecule has 0 unspecified atom stereocenters. The van der Waals surface area contributed by atoms with Crippen molar-refractivity contribution < 1.29 is 0 Å². The molecule has 2 aromatic rings. The Morgan fingerprint density at radius 1 is 1.14 bits per heavy atom. The summed E-state index contributed by atoms with van der Waals surface area (Å²) in [6.07, 6.45) is 5.09. The molecule has 2 fully saturated rings. The maximum Gasteiger partial charge on any atom is 0.151 e. The molecule has 114 valence electrons. The van der Waals surface area contributed by atoms with Crippen LogP contribution in [0.3, 0.4) is 0 Å². The van der Waals surface area contributed by atoms with Gasteiger partial charge in [0.15, 0.2) is 5.82 Å². The Labute approximate surface area is 131 Å². The van der Waals surface area contributed by atoms with E-state index in [-0.39, 0.29) is 0 Å². The van der Waals surface area contributed by atoms with Crippen molar-refractivity contribution in [1.82, 2.24) is 20.1 Å². The Morgan fingerprint density at radius 3 is 2.77 bits per heavy atom. The van der Waals surface area contributed by atoms with Crippen molar-refractivity contribution in [2.45, 2.75) is 19.9 Å². The van der Waals surface area contributed by atoms with Gasteiger partial charge in [0.05, 0.1) is 5.69 Å². The van der Waals surface area contributed by atoms with Crippen molar-refractivity contribution in [2.75, 3.05) is 31.1 Å². The zero-order valence-electron chi connectivity index (χ0n) is 12.9. The molecule has 0 aromatic carbocycles. The molecule has 2 aromatic heterocycles. The number of hydrogen-bond donors (Lipinski definition) is 0. The molecule has 4 heterocycles. The van der Waals surface area contributed by atoms with Gasteiger partial charge in [-0.05, 0) is 43.7 Å². The highest BCUT2D eigenvalue weighted by Gasteiger charge is 2.47. The maximum atomic E-state index is 4.30. The Morgan fingerprint density at radius 2 is 2.05 bits per heavy atom. The number of likely N-dealkylation sites (tertiary alicyclic amines) is 1. The molecule has 0 atom stereocenters. The van der Waals surface area contributed by atoms with Crippen molar-refractivity contribution in [2.24, 2.45) is 5.41 Å². The number of aryl methyl sites for hydroxylation is 1. The fourth-order valence-corrected chi connectivity index (χ4v) is 3.66. The van der Waals surface area contributed by atoms with Crippen LogP contribution in [0.4, 0.5) is 5.82 Å². The summed E-state index contributed by atoms with van der Waals surface area (Å²) in [7, 11) is 0. The van der Waals surface area contributed by atoms with Crippen LogP contribution in [0.2, 0.25) is 0 Å². The topological polar surface area (TPSA) is 45.2 Å². The zero-order valence-corrected chi connectivity index (χ0v) is 12.9. The van der Waals surface area contributed by atoms with Gasteiger partial charge in [-0.3, -0.25) is 9.88 Å². The lowest BCUT2D eigenvalue weighted by Crippen LogP contribution is -2.58. The van der Waals surface area contributed by atoms with Gasteiger partial charge in [-0.25, -0.2) is 0 Å². The van der Waals surface area contributed by atoms with E-state index in [4.69, 9.17) is 0 Å². The molecule has 5 heteroatoms. The molecule has 2 aliphatic rings. The van der Waals surface area contributed by atoms with Crippen LogP contribution < -0.4 is 4.90 Å². The first-order valence-corrected chi connectivity index (χ1v) is 7.89. The SMILES string of the molecule is Cc1ccc(N2CC3(CCN(Cc4cccnc4)C3)C2)nn1. The number of aromatic nitrogens is 3. The van der Waals surface area contributed by atoms with E-state index in [1.165, 1.54) is 25.1 Å². The van der Waals surface area contributed by atoms with Gasteiger partial charge in [-0.15, -0.1) is 5.10 Å². The van der Waals surface area contributed by atoms with E-state index < -0.39 is 0 Å². The number of rotatable bonds is 3. The summed E-state index contributed by atoms with van der Waals surface area (Å²) in [5.41, 5.74) is 2.73.